The van der Waals surface area contributed by atoms with Crippen LogP contribution in [0.4, 0.5) is 0 Å². The van der Waals surface area contributed by atoms with Gasteiger partial charge in [-0.2, -0.15) is 0 Å². The zero-order valence-corrected chi connectivity index (χ0v) is 11.5. The van der Waals surface area contributed by atoms with Crippen molar-refractivity contribution in [3.63, 3.8) is 0 Å². The molecule has 20 heavy (non-hydrogen) atoms. The SMILES string of the molecule is CC1NCC(=O)N(CC2CCOc3ccccc32)C1=O. The third kappa shape index (κ3) is 2.29. The smallest absolute Gasteiger partial charge is 0.246 e. The van der Waals surface area contributed by atoms with Crippen LogP contribution in [0, 0.1) is 0 Å². The zero-order valence-electron chi connectivity index (χ0n) is 11.5. The van der Waals surface area contributed by atoms with Gasteiger partial charge < -0.3 is 4.74 Å². The number of carbonyl (C=O) groups excluding carboxylic acids is 2. The highest BCUT2D eigenvalue weighted by molar-refractivity contribution is 6.01. The molecule has 2 amide bonds. The lowest BCUT2D eigenvalue weighted by molar-refractivity contribution is -0.149. The molecule has 2 heterocycles. The largest absolute Gasteiger partial charge is 0.493 e. The highest BCUT2D eigenvalue weighted by Crippen LogP contribution is 2.34. The van der Waals surface area contributed by atoms with Crippen molar-refractivity contribution in [2.75, 3.05) is 19.7 Å². The van der Waals surface area contributed by atoms with Gasteiger partial charge in [0.05, 0.1) is 19.2 Å². The Bertz CT molecular complexity index is 544. The molecule has 2 unspecified atom stereocenters. The number of nitrogens with zero attached hydrogens (tertiary/aromatic N) is 1. The van der Waals surface area contributed by atoms with Gasteiger partial charge in [-0.3, -0.25) is 19.8 Å². The zero-order chi connectivity index (χ0) is 14.1. The van der Waals surface area contributed by atoms with Crippen molar-refractivity contribution in [2.24, 2.45) is 0 Å². The molecule has 1 N–H and O–H groups in total. The van der Waals surface area contributed by atoms with Crippen LogP contribution in [0.25, 0.3) is 0 Å². The van der Waals surface area contributed by atoms with E-state index in [2.05, 4.69) is 5.32 Å². The summed E-state index contributed by atoms with van der Waals surface area (Å²) in [6.45, 7) is 3.10. The molecule has 1 aromatic carbocycles. The van der Waals surface area contributed by atoms with Crippen LogP contribution in [0.1, 0.15) is 24.8 Å². The fourth-order valence-electron chi connectivity index (χ4n) is 2.80. The van der Waals surface area contributed by atoms with E-state index in [1.807, 2.05) is 24.3 Å². The first-order chi connectivity index (χ1) is 9.66. The van der Waals surface area contributed by atoms with Crippen molar-refractivity contribution < 1.29 is 14.3 Å². The number of carbonyl (C=O) groups is 2. The van der Waals surface area contributed by atoms with Gasteiger partial charge in [-0.25, -0.2) is 0 Å². The molecular formula is C15H18N2O3. The van der Waals surface area contributed by atoms with Crippen LogP contribution in [-0.4, -0.2) is 42.5 Å². The fraction of sp³-hybridized carbons (Fsp3) is 0.467. The lowest BCUT2D eigenvalue weighted by Gasteiger charge is -2.34. The Balaban J connectivity index is 1.81. The Hall–Kier alpha value is -1.88. The Kier molecular flexibility index (Phi) is 3.44. The Morgan fingerprint density at radius 2 is 2.15 bits per heavy atom. The quantitative estimate of drug-likeness (QED) is 0.814. The average molecular weight is 274 g/mol. The molecule has 0 aliphatic carbocycles. The lowest BCUT2D eigenvalue weighted by atomic mass is 9.92. The Labute approximate surface area is 117 Å². The van der Waals surface area contributed by atoms with Crippen molar-refractivity contribution in [3.8, 4) is 5.75 Å². The summed E-state index contributed by atoms with van der Waals surface area (Å²) in [6.07, 6.45) is 0.829. The minimum Gasteiger partial charge on any atom is -0.493 e. The second-order valence-electron chi connectivity index (χ2n) is 5.32. The van der Waals surface area contributed by atoms with Crippen LogP contribution >= 0.6 is 0 Å². The normalized spacial score (nSPS) is 26.1. The van der Waals surface area contributed by atoms with E-state index in [1.54, 1.807) is 6.92 Å². The summed E-state index contributed by atoms with van der Waals surface area (Å²) < 4.78 is 5.62. The van der Waals surface area contributed by atoms with Crippen molar-refractivity contribution in [3.05, 3.63) is 29.8 Å². The molecule has 0 bridgehead atoms. The number of hydrogen-bond acceptors (Lipinski definition) is 4. The van der Waals surface area contributed by atoms with Gasteiger partial charge in [0.25, 0.3) is 0 Å². The number of hydrogen-bond donors (Lipinski definition) is 1. The van der Waals surface area contributed by atoms with E-state index in [-0.39, 0.29) is 30.3 Å². The molecule has 1 aromatic rings. The van der Waals surface area contributed by atoms with Gasteiger partial charge >= 0.3 is 0 Å². The van der Waals surface area contributed by atoms with Crippen molar-refractivity contribution in [1.29, 1.82) is 0 Å². The highest BCUT2D eigenvalue weighted by atomic mass is 16.5. The van der Waals surface area contributed by atoms with Gasteiger partial charge in [-0.15, -0.1) is 0 Å². The summed E-state index contributed by atoms with van der Waals surface area (Å²) in [6, 6.07) is 7.56. The van der Waals surface area contributed by atoms with Gasteiger partial charge in [-0.1, -0.05) is 18.2 Å². The summed E-state index contributed by atoms with van der Waals surface area (Å²) in [5.41, 5.74) is 1.09. The van der Waals surface area contributed by atoms with E-state index in [0.717, 1.165) is 17.7 Å². The van der Waals surface area contributed by atoms with Crippen molar-refractivity contribution >= 4 is 11.8 Å². The van der Waals surface area contributed by atoms with Crippen LogP contribution < -0.4 is 10.1 Å². The monoisotopic (exact) mass is 274 g/mol. The number of fused-ring (bicyclic) bond motifs is 1. The first-order valence-electron chi connectivity index (χ1n) is 6.96. The number of para-hydroxylation sites is 1. The summed E-state index contributed by atoms with van der Waals surface area (Å²) in [5.74, 6) is 0.757. The lowest BCUT2D eigenvalue weighted by Crippen LogP contribution is -2.57. The molecule has 2 aliphatic heterocycles. The number of amides is 2. The van der Waals surface area contributed by atoms with Crippen LogP contribution in [0.5, 0.6) is 5.75 Å². The molecule has 106 valence electrons. The standard InChI is InChI=1S/C15H18N2O3/c1-10-15(19)17(14(18)8-16-10)9-11-6-7-20-13-5-3-2-4-12(11)13/h2-5,10-11,16H,6-9H2,1H3. The van der Waals surface area contributed by atoms with E-state index in [9.17, 15) is 9.59 Å². The number of piperazine rings is 1. The average Bonchev–Trinajstić information content (AvgIpc) is 2.48. The van der Waals surface area contributed by atoms with Gasteiger partial charge in [0.1, 0.15) is 5.75 Å². The van der Waals surface area contributed by atoms with Crippen LogP contribution in [0.2, 0.25) is 0 Å². The topological polar surface area (TPSA) is 58.6 Å². The third-order valence-electron chi connectivity index (χ3n) is 3.98. The van der Waals surface area contributed by atoms with E-state index >= 15 is 0 Å². The molecule has 5 nitrogen and oxygen atoms in total. The maximum absolute atomic E-state index is 12.1. The van der Waals surface area contributed by atoms with Crippen LogP contribution in [0.15, 0.2) is 24.3 Å². The molecule has 0 saturated carbocycles. The molecule has 1 fully saturated rings. The first-order valence-corrected chi connectivity index (χ1v) is 6.96. The molecular weight excluding hydrogens is 256 g/mol. The minimum atomic E-state index is -0.289. The van der Waals surface area contributed by atoms with Crippen LogP contribution in [-0.2, 0) is 9.59 Å². The highest BCUT2D eigenvalue weighted by Gasteiger charge is 2.34. The number of imide groups is 1. The summed E-state index contributed by atoms with van der Waals surface area (Å²) >= 11 is 0. The van der Waals surface area contributed by atoms with Gasteiger partial charge in [0, 0.05) is 12.5 Å². The minimum absolute atomic E-state index is 0.134. The molecule has 2 atom stereocenters. The van der Waals surface area contributed by atoms with Crippen molar-refractivity contribution in [1.82, 2.24) is 10.2 Å². The summed E-state index contributed by atoms with van der Waals surface area (Å²) in [5, 5.41) is 2.90. The predicted octanol–water partition coefficient (Wildman–Crippen LogP) is 0.900. The summed E-state index contributed by atoms with van der Waals surface area (Å²) in [4.78, 5) is 25.5. The fourth-order valence-corrected chi connectivity index (χ4v) is 2.80. The molecule has 1 saturated heterocycles. The van der Waals surface area contributed by atoms with E-state index in [4.69, 9.17) is 4.74 Å². The number of rotatable bonds is 2. The third-order valence-corrected chi connectivity index (χ3v) is 3.98. The summed E-state index contributed by atoms with van der Waals surface area (Å²) in [7, 11) is 0. The van der Waals surface area contributed by atoms with E-state index in [1.165, 1.54) is 4.90 Å². The number of ether oxygens (including phenoxy) is 1. The number of benzene rings is 1. The second-order valence-corrected chi connectivity index (χ2v) is 5.32. The Morgan fingerprint density at radius 1 is 1.35 bits per heavy atom. The van der Waals surface area contributed by atoms with Gasteiger partial charge in [0.2, 0.25) is 11.8 Å². The second kappa shape index (κ2) is 5.25. The first kappa shape index (κ1) is 13.1. The molecule has 3 rings (SSSR count). The van der Waals surface area contributed by atoms with Crippen molar-refractivity contribution in [2.45, 2.75) is 25.3 Å². The number of nitrogens with one attached hydrogen (secondary N) is 1. The van der Waals surface area contributed by atoms with Gasteiger partial charge in [0.15, 0.2) is 0 Å². The Morgan fingerprint density at radius 3 is 3.00 bits per heavy atom. The van der Waals surface area contributed by atoms with E-state index < -0.39 is 0 Å². The molecule has 0 aromatic heterocycles. The molecule has 2 aliphatic rings. The molecule has 0 spiro atoms. The van der Waals surface area contributed by atoms with Crippen LogP contribution in [0.3, 0.4) is 0 Å². The maximum Gasteiger partial charge on any atom is 0.246 e. The predicted molar refractivity (Wildman–Crippen MR) is 73.5 cm³/mol. The molecule has 0 radical (unpaired) electrons. The van der Waals surface area contributed by atoms with Gasteiger partial charge in [-0.05, 0) is 25.0 Å². The maximum atomic E-state index is 12.1. The van der Waals surface area contributed by atoms with E-state index in [0.29, 0.717) is 13.2 Å². The molecule has 5 heteroatoms.